The molecular formula is C11H11ClOS2. The zero-order valence-electron chi connectivity index (χ0n) is 8.02. The Kier molecular flexibility index (Phi) is 3.81. The van der Waals surface area contributed by atoms with Gasteiger partial charge in [0.05, 0.1) is 16.0 Å². The summed E-state index contributed by atoms with van der Waals surface area (Å²) in [6.07, 6.45) is 1.20. The van der Waals surface area contributed by atoms with Crippen LogP contribution in [0, 0.1) is 0 Å². The van der Waals surface area contributed by atoms with Crippen LogP contribution in [0.2, 0.25) is 5.02 Å². The Balaban J connectivity index is 1.93. The molecule has 15 heavy (non-hydrogen) atoms. The SMILES string of the molecule is OC(CCc1ccsc1)c1sccc1Cl. The predicted molar refractivity (Wildman–Crippen MR) is 66.9 cm³/mol. The Labute approximate surface area is 102 Å². The minimum atomic E-state index is -0.433. The van der Waals surface area contributed by atoms with Gasteiger partial charge in [-0.25, -0.2) is 0 Å². The molecule has 0 spiro atoms. The lowest BCUT2D eigenvalue weighted by atomic mass is 10.1. The van der Waals surface area contributed by atoms with E-state index in [2.05, 4.69) is 16.8 Å². The molecule has 80 valence electrons. The van der Waals surface area contributed by atoms with Crippen molar-refractivity contribution in [3.63, 3.8) is 0 Å². The van der Waals surface area contributed by atoms with Crippen molar-refractivity contribution < 1.29 is 5.11 Å². The third-order valence-corrected chi connectivity index (χ3v) is 4.43. The summed E-state index contributed by atoms with van der Waals surface area (Å²) in [7, 11) is 0. The second kappa shape index (κ2) is 5.12. The summed E-state index contributed by atoms with van der Waals surface area (Å²) < 4.78 is 0. The van der Waals surface area contributed by atoms with Gasteiger partial charge in [0, 0.05) is 0 Å². The Morgan fingerprint density at radius 3 is 2.80 bits per heavy atom. The number of halogens is 1. The monoisotopic (exact) mass is 258 g/mol. The zero-order chi connectivity index (χ0) is 10.7. The molecule has 2 aromatic rings. The molecule has 2 aromatic heterocycles. The van der Waals surface area contributed by atoms with E-state index < -0.39 is 6.10 Å². The Morgan fingerprint density at radius 2 is 2.20 bits per heavy atom. The maximum atomic E-state index is 9.92. The van der Waals surface area contributed by atoms with Gasteiger partial charge in [0.25, 0.3) is 0 Å². The summed E-state index contributed by atoms with van der Waals surface area (Å²) in [5.41, 5.74) is 1.28. The van der Waals surface area contributed by atoms with Gasteiger partial charge in [-0.2, -0.15) is 11.3 Å². The highest BCUT2D eigenvalue weighted by Gasteiger charge is 2.12. The molecule has 2 rings (SSSR count). The predicted octanol–water partition coefficient (Wildman–Crippen LogP) is 4.13. The van der Waals surface area contributed by atoms with Gasteiger partial charge in [0.1, 0.15) is 0 Å². The van der Waals surface area contributed by atoms with E-state index in [0.717, 1.165) is 17.7 Å². The Morgan fingerprint density at radius 1 is 1.33 bits per heavy atom. The van der Waals surface area contributed by atoms with Crippen LogP contribution in [0.15, 0.2) is 28.3 Å². The molecule has 1 atom stereocenters. The first-order valence-corrected chi connectivity index (χ1v) is 6.89. The van der Waals surface area contributed by atoms with Crippen molar-refractivity contribution in [3.05, 3.63) is 43.7 Å². The molecule has 0 aliphatic rings. The van der Waals surface area contributed by atoms with Crippen LogP contribution in [0.1, 0.15) is 23.0 Å². The Hall–Kier alpha value is -0.350. The smallest absolute Gasteiger partial charge is 0.0900 e. The number of hydrogen-bond acceptors (Lipinski definition) is 3. The number of aliphatic hydroxyl groups excluding tert-OH is 1. The minimum absolute atomic E-state index is 0.433. The van der Waals surface area contributed by atoms with Crippen molar-refractivity contribution in [2.24, 2.45) is 0 Å². The van der Waals surface area contributed by atoms with Gasteiger partial charge in [-0.1, -0.05) is 11.6 Å². The molecule has 0 saturated heterocycles. The fourth-order valence-corrected chi connectivity index (χ4v) is 3.32. The molecule has 0 aliphatic carbocycles. The molecule has 1 unspecified atom stereocenters. The van der Waals surface area contributed by atoms with E-state index in [1.807, 2.05) is 11.4 Å². The average Bonchev–Trinajstić information content (AvgIpc) is 2.84. The molecule has 1 nitrogen and oxygen atoms in total. The minimum Gasteiger partial charge on any atom is -0.388 e. The second-order valence-corrected chi connectivity index (χ2v) is 5.45. The van der Waals surface area contributed by atoms with Crippen LogP contribution in [-0.2, 0) is 6.42 Å². The van der Waals surface area contributed by atoms with Crippen LogP contribution in [0.5, 0.6) is 0 Å². The average molecular weight is 259 g/mol. The summed E-state index contributed by atoms with van der Waals surface area (Å²) in [6.45, 7) is 0. The first kappa shape index (κ1) is 11.1. The van der Waals surface area contributed by atoms with Crippen LogP contribution in [0.3, 0.4) is 0 Å². The first-order valence-electron chi connectivity index (χ1n) is 4.69. The highest BCUT2D eigenvalue weighted by molar-refractivity contribution is 7.10. The summed E-state index contributed by atoms with van der Waals surface area (Å²) in [6, 6.07) is 3.92. The van der Waals surface area contributed by atoms with E-state index in [1.165, 1.54) is 16.9 Å². The molecule has 4 heteroatoms. The highest BCUT2D eigenvalue weighted by Crippen LogP contribution is 2.31. The number of thiophene rings is 2. The van der Waals surface area contributed by atoms with Gasteiger partial charge in [0.2, 0.25) is 0 Å². The summed E-state index contributed by atoms with van der Waals surface area (Å²) in [5, 5.41) is 16.7. The van der Waals surface area contributed by atoms with Gasteiger partial charge in [-0.05, 0) is 46.7 Å². The van der Waals surface area contributed by atoms with Crippen molar-refractivity contribution in [3.8, 4) is 0 Å². The van der Waals surface area contributed by atoms with Crippen molar-refractivity contribution in [2.45, 2.75) is 18.9 Å². The van der Waals surface area contributed by atoms with E-state index in [4.69, 9.17) is 11.6 Å². The molecular weight excluding hydrogens is 248 g/mol. The number of aliphatic hydroxyl groups is 1. The van der Waals surface area contributed by atoms with Crippen molar-refractivity contribution in [1.29, 1.82) is 0 Å². The summed E-state index contributed by atoms with van der Waals surface area (Å²) in [5.74, 6) is 0. The van der Waals surface area contributed by atoms with Crippen molar-refractivity contribution in [2.75, 3.05) is 0 Å². The molecule has 0 saturated carbocycles. The quantitative estimate of drug-likeness (QED) is 0.874. The summed E-state index contributed by atoms with van der Waals surface area (Å²) >= 11 is 9.15. The maximum absolute atomic E-state index is 9.92. The molecule has 1 N–H and O–H groups in total. The lowest BCUT2D eigenvalue weighted by Crippen LogP contribution is -1.97. The molecule has 0 radical (unpaired) electrons. The maximum Gasteiger partial charge on any atom is 0.0900 e. The second-order valence-electron chi connectivity index (χ2n) is 3.32. The number of rotatable bonds is 4. The van der Waals surface area contributed by atoms with Crippen LogP contribution < -0.4 is 0 Å². The van der Waals surface area contributed by atoms with Gasteiger partial charge in [-0.3, -0.25) is 0 Å². The number of aryl methyl sites for hydroxylation is 1. The van der Waals surface area contributed by atoms with Crippen LogP contribution >= 0.6 is 34.3 Å². The topological polar surface area (TPSA) is 20.2 Å². The lowest BCUT2D eigenvalue weighted by molar-refractivity contribution is 0.172. The highest BCUT2D eigenvalue weighted by atomic mass is 35.5. The van der Waals surface area contributed by atoms with E-state index >= 15 is 0 Å². The van der Waals surface area contributed by atoms with E-state index in [-0.39, 0.29) is 0 Å². The Bertz CT molecular complexity index is 408. The zero-order valence-corrected chi connectivity index (χ0v) is 10.4. The van der Waals surface area contributed by atoms with E-state index in [1.54, 1.807) is 11.3 Å². The normalized spacial score (nSPS) is 12.9. The fraction of sp³-hybridized carbons (Fsp3) is 0.273. The fourth-order valence-electron chi connectivity index (χ4n) is 1.41. The first-order chi connectivity index (χ1) is 7.27. The van der Waals surface area contributed by atoms with Gasteiger partial charge in [-0.15, -0.1) is 11.3 Å². The molecule has 0 aliphatic heterocycles. The molecule has 0 fully saturated rings. The molecule has 0 aromatic carbocycles. The summed E-state index contributed by atoms with van der Waals surface area (Å²) in [4.78, 5) is 0.881. The number of hydrogen-bond donors (Lipinski definition) is 1. The van der Waals surface area contributed by atoms with Gasteiger partial charge < -0.3 is 5.11 Å². The van der Waals surface area contributed by atoms with Gasteiger partial charge in [0.15, 0.2) is 0 Å². The molecule has 2 heterocycles. The third kappa shape index (κ3) is 2.82. The lowest BCUT2D eigenvalue weighted by Gasteiger charge is -2.08. The van der Waals surface area contributed by atoms with Crippen molar-refractivity contribution in [1.82, 2.24) is 0 Å². The van der Waals surface area contributed by atoms with Crippen LogP contribution in [-0.4, -0.2) is 5.11 Å². The van der Waals surface area contributed by atoms with Gasteiger partial charge >= 0.3 is 0 Å². The van der Waals surface area contributed by atoms with Crippen LogP contribution in [0.25, 0.3) is 0 Å². The third-order valence-electron chi connectivity index (χ3n) is 2.23. The van der Waals surface area contributed by atoms with E-state index in [0.29, 0.717) is 5.02 Å². The standard InChI is InChI=1S/C11H11ClOS2/c12-9-4-6-15-11(9)10(13)2-1-8-3-5-14-7-8/h3-7,10,13H,1-2H2. The molecule has 0 amide bonds. The van der Waals surface area contributed by atoms with E-state index in [9.17, 15) is 5.11 Å². The largest absolute Gasteiger partial charge is 0.388 e. The van der Waals surface area contributed by atoms with Crippen LogP contribution in [0.4, 0.5) is 0 Å². The van der Waals surface area contributed by atoms with Crippen molar-refractivity contribution >= 4 is 34.3 Å². The molecule has 0 bridgehead atoms.